The number of aryl methyl sites for hydroxylation is 1. The zero-order valence-corrected chi connectivity index (χ0v) is 15.3. The number of anilines is 1. The lowest BCUT2D eigenvalue weighted by atomic mass is 10.0. The lowest BCUT2D eigenvalue weighted by Gasteiger charge is -2.19. The molecule has 0 radical (unpaired) electrons. The molecule has 4 rings (SSSR count). The number of nitrogens with zero attached hydrogens (tertiary/aromatic N) is 4. The lowest BCUT2D eigenvalue weighted by molar-refractivity contribution is 0.227. The van der Waals surface area contributed by atoms with Crippen molar-refractivity contribution in [3.05, 3.63) is 66.6 Å². The molecule has 1 aromatic carbocycles. The molecule has 0 spiro atoms. The number of benzene rings is 1. The highest BCUT2D eigenvalue weighted by molar-refractivity contribution is 5.64. The summed E-state index contributed by atoms with van der Waals surface area (Å²) in [5.74, 6) is 0.649. The summed E-state index contributed by atoms with van der Waals surface area (Å²) in [4.78, 5) is 8.37. The van der Waals surface area contributed by atoms with E-state index in [2.05, 4.69) is 15.1 Å². The van der Waals surface area contributed by atoms with Crippen LogP contribution in [0.25, 0.3) is 22.7 Å². The molecule has 0 amide bonds. The van der Waals surface area contributed by atoms with E-state index >= 15 is 0 Å². The molecule has 3 heterocycles. The van der Waals surface area contributed by atoms with Gasteiger partial charge in [-0.15, -0.1) is 0 Å². The average molecular weight is 379 g/mol. The fraction of sp³-hybridized carbons (Fsp3) is 0.150. The molecule has 3 aromatic heterocycles. The second-order valence-corrected chi connectivity index (χ2v) is 6.28. The summed E-state index contributed by atoms with van der Waals surface area (Å²) in [7, 11) is 1.84. The third-order valence-electron chi connectivity index (χ3n) is 4.42. The first-order valence-corrected chi connectivity index (χ1v) is 8.63. The van der Waals surface area contributed by atoms with E-state index in [0.29, 0.717) is 22.8 Å². The van der Waals surface area contributed by atoms with Gasteiger partial charge < -0.3 is 14.9 Å². The van der Waals surface area contributed by atoms with Gasteiger partial charge in [0.15, 0.2) is 11.6 Å². The average Bonchev–Trinajstić information content (AvgIpc) is 3.35. The van der Waals surface area contributed by atoms with Crippen LogP contribution >= 0.6 is 0 Å². The number of nitrogen functional groups attached to an aromatic ring is 1. The molecule has 8 heteroatoms. The van der Waals surface area contributed by atoms with Gasteiger partial charge in [-0.3, -0.25) is 4.68 Å². The number of aromatic nitrogens is 4. The molecule has 4 aromatic rings. The maximum Gasteiger partial charge on any atom is 0.226 e. The Bertz CT molecular complexity index is 1110. The summed E-state index contributed by atoms with van der Waals surface area (Å²) >= 11 is 0. The van der Waals surface area contributed by atoms with Crippen LogP contribution in [0, 0.1) is 5.82 Å². The zero-order chi connectivity index (χ0) is 19.7. The maximum absolute atomic E-state index is 13.9. The summed E-state index contributed by atoms with van der Waals surface area (Å²) in [5.41, 5.74) is 8.92. The Kier molecular flexibility index (Phi) is 4.52. The van der Waals surface area contributed by atoms with Crippen LogP contribution in [0.2, 0.25) is 0 Å². The van der Waals surface area contributed by atoms with Crippen molar-refractivity contribution in [1.29, 1.82) is 0 Å². The number of ether oxygens (including phenoxy) is 1. The maximum atomic E-state index is 13.9. The fourth-order valence-electron chi connectivity index (χ4n) is 3.02. The summed E-state index contributed by atoms with van der Waals surface area (Å²) in [5, 5.41) is 4.16. The monoisotopic (exact) mass is 379 g/mol. The van der Waals surface area contributed by atoms with E-state index in [1.165, 1.54) is 24.6 Å². The third kappa shape index (κ3) is 3.32. The molecule has 0 saturated heterocycles. The van der Waals surface area contributed by atoms with Crippen molar-refractivity contribution in [1.82, 2.24) is 19.7 Å². The van der Waals surface area contributed by atoms with Crippen LogP contribution in [-0.4, -0.2) is 19.7 Å². The van der Waals surface area contributed by atoms with Crippen molar-refractivity contribution < 1.29 is 13.5 Å². The molecule has 28 heavy (non-hydrogen) atoms. The normalized spacial score (nSPS) is 12.1. The van der Waals surface area contributed by atoms with Crippen molar-refractivity contribution >= 4 is 5.82 Å². The molecular weight excluding hydrogens is 361 g/mol. The van der Waals surface area contributed by atoms with Gasteiger partial charge in [-0.2, -0.15) is 5.10 Å². The second kappa shape index (κ2) is 7.15. The minimum absolute atomic E-state index is 0.242. The first-order chi connectivity index (χ1) is 13.5. The molecule has 1 atom stereocenters. The third-order valence-corrected chi connectivity index (χ3v) is 4.42. The van der Waals surface area contributed by atoms with Crippen LogP contribution in [0.5, 0.6) is 5.75 Å². The van der Waals surface area contributed by atoms with Crippen LogP contribution in [0.3, 0.4) is 0 Å². The number of nitrogens with two attached hydrogens (primary N) is 1. The number of pyridine rings is 1. The van der Waals surface area contributed by atoms with Crippen LogP contribution in [-0.2, 0) is 7.05 Å². The minimum atomic E-state index is -0.525. The summed E-state index contributed by atoms with van der Waals surface area (Å²) in [6.07, 6.45) is 5.83. The molecule has 0 aliphatic heterocycles. The first-order valence-electron chi connectivity index (χ1n) is 8.63. The zero-order valence-electron chi connectivity index (χ0n) is 15.3. The van der Waals surface area contributed by atoms with Gasteiger partial charge in [-0.05, 0) is 37.3 Å². The van der Waals surface area contributed by atoms with Crippen LogP contribution in [0.15, 0.2) is 59.6 Å². The molecule has 1 unspecified atom stereocenters. The Balaban J connectivity index is 1.69. The summed E-state index contributed by atoms with van der Waals surface area (Å²) < 4.78 is 27.1. The van der Waals surface area contributed by atoms with E-state index in [-0.39, 0.29) is 11.6 Å². The smallest absolute Gasteiger partial charge is 0.226 e. The number of hydrogen-bond acceptors (Lipinski definition) is 6. The quantitative estimate of drug-likeness (QED) is 0.563. The van der Waals surface area contributed by atoms with Crippen molar-refractivity contribution in [2.45, 2.75) is 13.0 Å². The SMILES string of the molecule is CC(Oc1cc(-c2ccnn2C)cnc1N)c1cc(F)ccc1-c1ncco1. The Morgan fingerprint density at radius 2 is 2.04 bits per heavy atom. The number of halogens is 1. The molecule has 0 aliphatic carbocycles. The van der Waals surface area contributed by atoms with Crippen LogP contribution < -0.4 is 10.5 Å². The molecule has 0 aliphatic rings. The first kappa shape index (κ1) is 17.7. The highest BCUT2D eigenvalue weighted by Gasteiger charge is 2.19. The van der Waals surface area contributed by atoms with Gasteiger partial charge in [0.25, 0.3) is 0 Å². The van der Waals surface area contributed by atoms with Crippen LogP contribution in [0.1, 0.15) is 18.6 Å². The molecule has 142 valence electrons. The molecule has 2 N–H and O–H groups in total. The van der Waals surface area contributed by atoms with Gasteiger partial charge in [0.2, 0.25) is 5.89 Å². The van der Waals surface area contributed by atoms with E-state index in [0.717, 1.165) is 11.3 Å². The van der Waals surface area contributed by atoms with E-state index in [1.54, 1.807) is 36.1 Å². The highest BCUT2D eigenvalue weighted by atomic mass is 19.1. The van der Waals surface area contributed by atoms with Gasteiger partial charge in [0.05, 0.1) is 11.9 Å². The molecule has 7 nitrogen and oxygen atoms in total. The standard InChI is InChI=1S/C20H18FN5O2/c1-12(16-10-14(21)3-4-15(16)20-23-7-8-27-20)28-18-9-13(11-24-19(18)22)17-5-6-25-26(17)2/h3-12H,1-2H3,(H2,22,24). The second-order valence-electron chi connectivity index (χ2n) is 6.28. The van der Waals surface area contributed by atoms with Gasteiger partial charge in [-0.25, -0.2) is 14.4 Å². The van der Waals surface area contributed by atoms with E-state index in [4.69, 9.17) is 14.9 Å². The lowest BCUT2D eigenvalue weighted by Crippen LogP contribution is -2.08. The van der Waals surface area contributed by atoms with Gasteiger partial charge in [0.1, 0.15) is 18.2 Å². The predicted octanol–water partition coefficient (Wildman–Crippen LogP) is 4.00. The van der Waals surface area contributed by atoms with Gasteiger partial charge in [-0.1, -0.05) is 0 Å². The molecule has 0 fully saturated rings. The molecule has 0 bridgehead atoms. The van der Waals surface area contributed by atoms with E-state index in [1.807, 2.05) is 13.1 Å². The van der Waals surface area contributed by atoms with Crippen molar-refractivity contribution in [3.8, 4) is 28.5 Å². The van der Waals surface area contributed by atoms with Crippen molar-refractivity contribution in [2.75, 3.05) is 5.73 Å². The van der Waals surface area contributed by atoms with E-state index < -0.39 is 6.10 Å². The van der Waals surface area contributed by atoms with Gasteiger partial charge >= 0.3 is 0 Å². The summed E-state index contributed by atoms with van der Waals surface area (Å²) in [6.45, 7) is 1.80. The Hall–Kier alpha value is -3.68. The van der Waals surface area contributed by atoms with Crippen molar-refractivity contribution in [3.63, 3.8) is 0 Å². The summed E-state index contributed by atoms with van der Waals surface area (Å²) in [6, 6.07) is 8.03. The minimum Gasteiger partial charge on any atom is -0.482 e. The Morgan fingerprint density at radius 3 is 2.75 bits per heavy atom. The predicted molar refractivity (Wildman–Crippen MR) is 102 cm³/mol. The topological polar surface area (TPSA) is 92.0 Å². The number of rotatable bonds is 5. The highest BCUT2D eigenvalue weighted by Crippen LogP contribution is 2.34. The van der Waals surface area contributed by atoms with Crippen molar-refractivity contribution in [2.24, 2.45) is 7.05 Å². The molecule has 0 saturated carbocycles. The number of oxazole rings is 1. The van der Waals surface area contributed by atoms with E-state index in [9.17, 15) is 4.39 Å². The Labute approximate surface area is 160 Å². The fourth-order valence-corrected chi connectivity index (χ4v) is 3.02. The van der Waals surface area contributed by atoms with Gasteiger partial charge in [0, 0.05) is 36.1 Å². The largest absolute Gasteiger partial charge is 0.482 e. The van der Waals surface area contributed by atoms with Crippen LogP contribution in [0.4, 0.5) is 10.2 Å². The molecular formula is C20H18FN5O2. The number of hydrogen-bond donors (Lipinski definition) is 1. The Morgan fingerprint density at radius 1 is 1.18 bits per heavy atom.